The van der Waals surface area contributed by atoms with E-state index in [0.29, 0.717) is 10.2 Å². The SMILES string of the molecule is CCOC(=O)C[C@](C)(O)CNC(=O)CSc1nncn1-c1cccc(Cl)c1. The van der Waals surface area contributed by atoms with Crippen LogP contribution >= 0.6 is 23.4 Å². The van der Waals surface area contributed by atoms with E-state index in [1.165, 1.54) is 25.0 Å². The van der Waals surface area contributed by atoms with Gasteiger partial charge in [-0.05, 0) is 32.0 Å². The highest BCUT2D eigenvalue weighted by Crippen LogP contribution is 2.21. The van der Waals surface area contributed by atoms with Gasteiger partial charge in [0.2, 0.25) is 5.91 Å². The van der Waals surface area contributed by atoms with Gasteiger partial charge in [-0.25, -0.2) is 0 Å². The lowest BCUT2D eigenvalue weighted by molar-refractivity contribution is -0.148. The second-order valence-corrected chi connectivity index (χ2v) is 7.39. The van der Waals surface area contributed by atoms with Gasteiger partial charge < -0.3 is 15.2 Å². The van der Waals surface area contributed by atoms with Crippen LogP contribution in [0.2, 0.25) is 5.02 Å². The number of hydrogen-bond acceptors (Lipinski definition) is 7. The molecular weight excluding hydrogens is 392 g/mol. The highest BCUT2D eigenvalue weighted by Gasteiger charge is 2.26. The number of ether oxygens (including phenoxy) is 1. The molecule has 0 bridgehead atoms. The number of amides is 1. The Morgan fingerprint density at radius 2 is 2.22 bits per heavy atom. The standard InChI is InChI=1S/C17H21ClN4O4S/c1-3-26-15(24)8-17(2,25)10-19-14(23)9-27-16-21-20-11-22(16)13-6-4-5-12(18)7-13/h4-7,11,25H,3,8-10H2,1-2H3,(H,19,23)/t17-/m0/s1. The molecule has 1 heterocycles. The average Bonchev–Trinajstić information content (AvgIpc) is 3.06. The Kier molecular flexibility index (Phi) is 7.64. The van der Waals surface area contributed by atoms with Crippen LogP contribution in [0.5, 0.6) is 0 Å². The van der Waals surface area contributed by atoms with Gasteiger partial charge in [-0.3, -0.25) is 14.2 Å². The number of carbonyl (C=O) groups excluding carboxylic acids is 2. The second kappa shape index (κ2) is 9.72. The molecule has 0 aliphatic rings. The molecule has 0 spiro atoms. The van der Waals surface area contributed by atoms with Crippen molar-refractivity contribution in [1.82, 2.24) is 20.1 Å². The molecule has 1 amide bonds. The Bertz CT molecular complexity index is 797. The monoisotopic (exact) mass is 412 g/mol. The van der Waals surface area contributed by atoms with Gasteiger partial charge in [-0.2, -0.15) is 0 Å². The van der Waals surface area contributed by atoms with Crippen molar-refractivity contribution in [2.45, 2.75) is 31.0 Å². The van der Waals surface area contributed by atoms with Crippen LogP contribution in [-0.4, -0.2) is 56.3 Å². The summed E-state index contributed by atoms with van der Waals surface area (Å²) in [6, 6.07) is 7.19. The molecule has 0 saturated carbocycles. The molecule has 146 valence electrons. The molecule has 2 N–H and O–H groups in total. The maximum Gasteiger partial charge on any atom is 0.308 e. The van der Waals surface area contributed by atoms with Crippen LogP contribution in [-0.2, 0) is 14.3 Å². The first kappa shape index (κ1) is 21.2. The normalized spacial score (nSPS) is 13.0. The van der Waals surface area contributed by atoms with Crippen molar-refractivity contribution in [3.8, 4) is 5.69 Å². The lowest BCUT2D eigenvalue weighted by Crippen LogP contribution is -2.43. The number of nitrogens with one attached hydrogen (secondary N) is 1. The fraction of sp³-hybridized carbons (Fsp3) is 0.412. The first-order valence-corrected chi connectivity index (χ1v) is 9.60. The van der Waals surface area contributed by atoms with Crippen molar-refractivity contribution in [1.29, 1.82) is 0 Å². The summed E-state index contributed by atoms with van der Waals surface area (Å²) < 4.78 is 6.52. The molecule has 2 rings (SSSR count). The fourth-order valence-corrected chi connectivity index (χ4v) is 3.12. The van der Waals surface area contributed by atoms with Gasteiger partial charge in [0.15, 0.2) is 5.16 Å². The Hall–Kier alpha value is -2.10. The minimum Gasteiger partial charge on any atom is -0.466 e. The highest BCUT2D eigenvalue weighted by atomic mass is 35.5. The number of benzene rings is 1. The Balaban J connectivity index is 1.86. The Morgan fingerprint density at radius 1 is 1.44 bits per heavy atom. The van der Waals surface area contributed by atoms with Crippen LogP contribution in [0.15, 0.2) is 35.7 Å². The fourth-order valence-electron chi connectivity index (χ4n) is 2.18. The first-order chi connectivity index (χ1) is 12.8. The van der Waals surface area contributed by atoms with Crippen LogP contribution in [0.1, 0.15) is 20.3 Å². The molecular formula is C17H21ClN4O4S. The van der Waals surface area contributed by atoms with Crippen LogP contribution in [0.4, 0.5) is 0 Å². The van der Waals surface area contributed by atoms with Crippen molar-refractivity contribution >= 4 is 35.2 Å². The van der Waals surface area contributed by atoms with Gasteiger partial charge >= 0.3 is 5.97 Å². The molecule has 1 aromatic carbocycles. The van der Waals surface area contributed by atoms with Crippen LogP contribution < -0.4 is 5.32 Å². The Labute approximate surface area is 166 Å². The molecule has 0 aliphatic carbocycles. The minimum atomic E-state index is -1.38. The number of thioether (sulfide) groups is 1. The van der Waals surface area contributed by atoms with Gasteiger partial charge in [-0.1, -0.05) is 29.4 Å². The third kappa shape index (κ3) is 6.85. The summed E-state index contributed by atoms with van der Waals surface area (Å²) in [5, 5.41) is 21.8. The first-order valence-electron chi connectivity index (χ1n) is 8.24. The number of halogens is 1. The summed E-state index contributed by atoms with van der Waals surface area (Å²) in [6.07, 6.45) is 1.34. The number of aliphatic hydroxyl groups is 1. The Morgan fingerprint density at radius 3 is 2.93 bits per heavy atom. The largest absolute Gasteiger partial charge is 0.466 e. The van der Waals surface area contributed by atoms with Crippen molar-refractivity contribution in [3.05, 3.63) is 35.6 Å². The number of nitrogens with zero attached hydrogens (tertiary/aromatic N) is 3. The van der Waals surface area contributed by atoms with E-state index >= 15 is 0 Å². The lowest BCUT2D eigenvalue weighted by Gasteiger charge is -2.22. The average molecular weight is 413 g/mol. The van der Waals surface area contributed by atoms with Gasteiger partial charge in [0, 0.05) is 11.6 Å². The smallest absolute Gasteiger partial charge is 0.308 e. The topological polar surface area (TPSA) is 106 Å². The van der Waals surface area contributed by atoms with Gasteiger partial charge in [0.1, 0.15) is 6.33 Å². The van der Waals surface area contributed by atoms with Crippen molar-refractivity contribution in [3.63, 3.8) is 0 Å². The molecule has 0 fully saturated rings. The summed E-state index contributed by atoms with van der Waals surface area (Å²) in [5.74, 6) is -0.736. The van der Waals surface area contributed by atoms with E-state index < -0.39 is 11.6 Å². The van der Waals surface area contributed by atoms with Crippen LogP contribution in [0.3, 0.4) is 0 Å². The number of aromatic nitrogens is 3. The van der Waals surface area contributed by atoms with Crippen molar-refractivity contribution in [2.75, 3.05) is 18.9 Å². The molecule has 1 atom stereocenters. The number of rotatable bonds is 9. The summed E-state index contributed by atoms with van der Waals surface area (Å²) in [4.78, 5) is 23.5. The molecule has 10 heteroatoms. The van der Waals surface area contributed by atoms with Crippen molar-refractivity contribution < 1.29 is 19.4 Å². The second-order valence-electron chi connectivity index (χ2n) is 6.01. The zero-order chi connectivity index (χ0) is 19.9. The van der Waals surface area contributed by atoms with E-state index in [1.807, 2.05) is 12.1 Å². The predicted octanol–water partition coefficient (Wildman–Crippen LogP) is 1.83. The van der Waals surface area contributed by atoms with Gasteiger partial charge in [-0.15, -0.1) is 10.2 Å². The van der Waals surface area contributed by atoms with Crippen LogP contribution in [0, 0.1) is 0 Å². The minimum absolute atomic E-state index is 0.0633. The summed E-state index contributed by atoms with van der Waals surface area (Å²) in [6.45, 7) is 3.33. The van der Waals surface area contributed by atoms with E-state index in [1.54, 1.807) is 23.6 Å². The van der Waals surface area contributed by atoms with Crippen molar-refractivity contribution in [2.24, 2.45) is 0 Å². The number of esters is 1. The maximum atomic E-state index is 12.1. The molecule has 8 nitrogen and oxygen atoms in total. The zero-order valence-electron chi connectivity index (χ0n) is 15.0. The lowest BCUT2D eigenvalue weighted by atomic mass is 10.0. The molecule has 0 aliphatic heterocycles. The van der Waals surface area contributed by atoms with Gasteiger partial charge in [0.25, 0.3) is 0 Å². The molecule has 0 unspecified atom stereocenters. The summed E-state index contributed by atoms with van der Waals surface area (Å²) >= 11 is 7.20. The van der Waals surface area contributed by atoms with E-state index in [4.69, 9.17) is 16.3 Å². The third-order valence-corrected chi connectivity index (χ3v) is 4.61. The van der Waals surface area contributed by atoms with E-state index in [-0.39, 0.29) is 31.2 Å². The number of hydrogen-bond donors (Lipinski definition) is 2. The third-order valence-electron chi connectivity index (χ3n) is 3.43. The highest BCUT2D eigenvalue weighted by molar-refractivity contribution is 7.99. The van der Waals surface area contributed by atoms with E-state index in [0.717, 1.165) is 5.69 Å². The molecule has 0 saturated heterocycles. The van der Waals surface area contributed by atoms with E-state index in [2.05, 4.69) is 15.5 Å². The van der Waals surface area contributed by atoms with Crippen LogP contribution in [0.25, 0.3) is 5.69 Å². The summed E-state index contributed by atoms with van der Waals surface area (Å²) in [5.41, 5.74) is -0.597. The number of carbonyl (C=O) groups is 2. The molecule has 27 heavy (non-hydrogen) atoms. The maximum absolute atomic E-state index is 12.1. The molecule has 2 aromatic rings. The van der Waals surface area contributed by atoms with Gasteiger partial charge in [0.05, 0.1) is 30.1 Å². The quantitative estimate of drug-likeness (QED) is 0.478. The predicted molar refractivity (Wildman–Crippen MR) is 102 cm³/mol. The molecule has 1 aromatic heterocycles. The molecule has 0 radical (unpaired) electrons. The summed E-state index contributed by atoms with van der Waals surface area (Å²) in [7, 11) is 0. The zero-order valence-corrected chi connectivity index (χ0v) is 16.6. The van der Waals surface area contributed by atoms with E-state index in [9.17, 15) is 14.7 Å².